The summed E-state index contributed by atoms with van der Waals surface area (Å²) in [6.45, 7) is 4.00. The molecule has 1 aromatic heterocycles. The van der Waals surface area contributed by atoms with Crippen molar-refractivity contribution in [1.82, 2.24) is 4.98 Å². The summed E-state index contributed by atoms with van der Waals surface area (Å²) in [5.74, 6) is 0. The normalized spacial score (nSPS) is 9.00. The summed E-state index contributed by atoms with van der Waals surface area (Å²) < 4.78 is 0. The third-order valence-electron chi connectivity index (χ3n) is 0.984. The monoisotopic (exact) mass is 150 g/mol. The van der Waals surface area contributed by atoms with Crippen LogP contribution in [0.3, 0.4) is 0 Å². The van der Waals surface area contributed by atoms with Gasteiger partial charge in [0.25, 0.3) is 0 Å². The predicted molar refractivity (Wildman–Crippen MR) is 49.1 cm³/mol. The van der Waals surface area contributed by atoms with Crippen molar-refractivity contribution in [2.24, 2.45) is 4.99 Å². The molecule has 0 spiro atoms. The lowest BCUT2D eigenvalue weighted by atomic mass is 10.3. The van der Waals surface area contributed by atoms with Crippen molar-refractivity contribution in [2.75, 3.05) is 7.05 Å². The average Bonchev–Trinajstić information content (AvgIpc) is 2.11. The largest absolute Gasteiger partial charge is 0.296 e. The molecule has 1 aromatic rings. The Morgan fingerprint density at radius 2 is 1.82 bits per heavy atom. The number of rotatable bonds is 1. The number of aliphatic imine (C=N–C) groups is 1. The van der Waals surface area contributed by atoms with E-state index in [2.05, 4.69) is 9.98 Å². The van der Waals surface area contributed by atoms with Gasteiger partial charge in [0.15, 0.2) is 0 Å². The molecular weight excluding hydrogens is 136 g/mol. The third-order valence-corrected chi connectivity index (χ3v) is 0.984. The van der Waals surface area contributed by atoms with Gasteiger partial charge in [-0.2, -0.15) is 0 Å². The Bertz CT molecular complexity index is 192. The number of nitrogens with zero attached hydrogens (tertiary/aromatic N) is 2. The predicted octanol–water partition coefficient (Wildman–Crippen LogP) is 2.16. The van der Waals surface area contributed by atoms with E-state index >= 15 is 0 Å². The smallest absolute Gasteiger partial charge is 0.0282 e. The van der Waals surface area contributed by atoms with Gasteiger partial charge < -0.3 is 0 Å². The summed E-state index contributed by atoms with van der Waals surface area (Å²) in [5, 5.41) is 0. The molecule has 0 aliphatic carbocycles. The van der Waals surface area contributed by atoms with Crippen molar-refractivity contribution in [3.8, 4) is 0 Å². The van der Waals surface area contributed by atoms with E-state index in [1.807, 2.05) is 26.0 Å². The summed E-state index contributed by atoms with van der Waals surface area (Å²) in [5.41, 5.74) is 1.09. The molecule has 0 aromatic carbocycles. The van der Waals surface area contributed by atoms with Gasteiger partial charge in [0.2, 0.25) is 0 Å². The average molecular weight is 150 g/mol. The van der Waals surface area contributed by atoms with E-state index in [0.717, 1.165) is 5.56 Å². The van der Waals surface area contributed by atoms with Gasteiger partial charge in [0, 0.05) is 25.7 Å². The quantitative estimate of drug-likeness (QED) is 0.563. The van der Waals surface area contributed by atoms with Crippen LogP contribution in [0.15, 0.2) is 29.5 Å². The molecule has 2 nitrogen and oxygen atoms in total. The molecule has 0 N–H and O–H groups in total. The maximum atomic E-state index is 3.87. The minimum atomic E-state index is 1.09. The molecule has 0 amide bonds. The Kier molecular flexibility index (Phi) is 6.19. The Morgan fingerprint density at radius 1 is 1.27 bits per heavy atom. The molecule has 2 heteroatoms. The van der Waals surface area contributed by atoms with E-state index in [-0.39, 0.29) is 0 Å². The second-order valence-electron chi connectivity index (χ2n) is 1.67. The minimum Gasteiger partial charge on any atom is -0.296 e. The van der Waals surface area contributed by atoms with Crippen LogP contribution < -0.4 is 0 Å². The topological polar surface area (TPSA) is 25.2 Å². The fourth-order valence-corrected chi connectivity index (χ4v) is 0.599. The van der Waals surface area contributed by atoms with Gasteiger partial charge in [0.05, 0.1) is 0 Å². The van der Waals surface area contributed by atoms with E-state index < -0.39 is 0 Å². The van der Waals surface area contributed by atoms with Gasteiger partial charge in [-0.15, -0.1) is 0 Å². The van der Waals surface area contributed by atoms with Gasteiger partial charge in [-0.1, -0.05) is 13.8 Å². The van der Waals surface area contributed by atoms with Crippen LogP contribution in [0, 0.1) is 0 Å². The second-order valence-corrected chi connectivity index (χ2v) is 1.67. The first kappa shape index (κ1) is 9.82. The zero-order valence-electron chi connectivity index (χ0n) is 7.28. The van der Waals surface area contributed by atoms with Crippen LogP contribution >= 0.6 is 0 Å². The van der Waals surface area contributed by atoms with Crippen LogP contribution in [-0.4, -0.2) is 18.2 Å². The van der Waals surface area contributed by atoms with E-state index in [4.69, 9.17) is 0 Å². The number of pyridine rings is 1. The van der Waals surface area contributed by atoms with Crippen molar-refractivity contribution in [1.29, 1.82) is 0 Å². The Labute approximate surface area is 68.0 Å². The Hall–Kier alpha value is -1.18. The Morgan fingerprint density at radius 3 is 2.27 bits per heavy atom. The standard InChI is InChI=1S/C7H8N2.C2H6/c1-8-6-7-2-4-9-5-3-7;1-2/h2-6H,1H3;1-2H3. The van der Waals surface area contributed by atoms with Crippen LogP contribution in [0.2, 0.25) is 0 Å². The van der Waals surface area contributed by atoms with Crippen molar-refractivity contribution >= 4 is 6.21 Å². The summed E-state index contributed by atoms with van der Waals surface area (Å²) >= 11 is 0. The zero-order valence-corrected chi connectivity index (χ0v) is 7.28. The number of hydrogen-bond acceptors (Lipinski definition) is 2. The lowest BCUT2D eigenvalue weighted by Gasteiger charge is -1.85. The fourth-order valence-electron chi connectivity index (χ4n) is 0.599. The lowest BCUT2D eigenvalue weighted by Crippen LogP contribution is -1.78. The van der Waals surface area contributed by atoms with E-state index in [1.165, 1.54) is 0 Å². The molecule has 0 bridgehead atoms. The molecule has 60 valence electrons. The lowest BCUT2D eigenvalue weighted by molar-refractivity contribution is 1.32. The molecule has 0 aliphatic heterocycles. The molecule has 0 unspecified atom stereocenters. The summed E-state index contributed by atoms with van der Waals surface area (Å²) in [6.07, 6.45) is 5.29. The molecule has 0 radical (unpaired) electrons. The molecule has 0 aliphatic rings. The van der Waals surface area contributed by atoms with Crippen molar-refractivity contribution in [3.63, 3.8) is 0 Å². The van der Waals surface area contributed by atoms with Crippen LogP contribution in [0.25, 0.3) is 0 Å². The van der Waals surface area contributed by atoms with E-state index in [0.29, 0.717) is 0 Å². The summed E-state index contributed by atoms with van der Waals surface area (Å²) in [6, 6.07) is 3.82. The first-order valence-corrected chi connectivity index (χ1v) is 3.75. The summed E-state index contributed by atoms with van der Waals surface area (Å²) in [7, 11) is 1.75. The maximum Gasteiger partial charge on any atom is 0.0282 e. The third kappa shape index (κ3) is 4.25. The van der Waals surface area contributed by atoms with Crippen molar-refractivity contribution < 1.29 is 0 Å². The van der Waals surface area contributed by atoms with Gasteiger partial charge in [-0.25, -0.2) is 0 Å². The molecular formula is C9H14N2. The van der Waals surface area contributed by atoms with Gasteiger partial charge >= 0.3 is 0 Å². The highest BCUT2D eigenvalue weighted by molar-refractivity contribution is 5.78. The van der Waals surface area contributed by atoms with Crippen molar-refractivity contribution in [2.45, 2.75) is 13.8 Å². The Balaban J connectivity index is 0.000000461. The SMILES string of the molecule is CC.CN=Cc1ccncc1. The van der Waals surface area contributed by atoms with Gasteiger partial charge in [0.1, 0.15) is 0 Å². The highest BCUT2D eigenvalue weighted by atomic mass is 14.6. The molecule has 11 heavy (non-hydrogen) atoms. The first-order chi connectivity index (χ1) is 5.43. The van der Waals surface area contributed by atoms with Crippen LogP contribution in [0.5, 0.6) is 0 Å². The minimum absolute atomic E-state index is 1.09. The van der Waals surface area contributed by atoms with Crippen LogP contribution in [0.1, 0.15) is 19.4 Å². The number of aromatic nitrogens is 1. The molecule has 0 saturated carbocycles. The zero-order chi connectivity index (χ0) is 8.53. The van der Waals surface area contributed by atoms with Crippen LogP contribution in [0.4, 0.5) is 0 Å². The summed E-state index contributed by atoms with van der Waals surface area (Å²) in [4.78, 5) is 7.72. The van der Waals surface area contributed by atoms with Gasteiger partial charge in [-0.05, 0) is 17.7 Å². The molecule has 1 rings (SSSR count). The maximum absolute atomic E-state index is 3.87. The number of hydrogen-bond donors (Lipinski definition) is 0. The highest BCUT2D eigenvalue weighted by Crippen LogP contribution is 1.89. The van der Waals surface area contributed by atoms with Gasteiger partial charge in [-0.3, -0.25) is 9.98 Å². The highest BCUT2D eigenvalue weighted by Gasteiger charge is 1.79. The first-order valence-electron chi connectivity index (χ1n) is 3.75. The second kappa shape index (κ2) is 6.93. The van der Waals surface area contributed by atoms with Crippen LogP contribution in [-0.2, 0) is 0 Å². The van der Waals surface area contributed by atoms with Crippen molar-refractivity contribution in [3.05, 3.63) is 30.1 Å². The molecule has 0 atom stereocenters. The molecule has 0 saturated heterocycles. The molecule has 0 fully saturated rings. The van der Waals surface area contributed by atoms with E-state index in [1.54, 1.807) is 25.7 Å². The molecule has 1 heterocycles. The fraction of sp³-hybridized carbons (Fsp3) is 0.333. The van der Waals surface area contributed by atoms with E-state index in [9.17, 15) is 0 Å².